The number of ether oxygens (including phenoxy) is 1. The van der Waals surface area contributed by atoms with Gasteiger partial charge in [-0.15, -0.1) is 0 Å². The Morgan fingerprint density at radius 1 is 0.833 bits per heavy atom. The number of hydrogen-bond donors (Lipinski definition) is 3. The Kier molecular flexibility index (Phi) is 49.8. The van der Waals surface area contributed by atoms with Crippen molar-refractivity contribution in [2.45, 2.75) is 116 Å². The number of rotatable bonds is 14. The van der Waals surface area contributed by atoms with Crippen molar-refractivity contribution >= 4 is 11.9 Å². The minimum atomic E-state index is -0.0469. The molecular formula is C30H67N3O3. The minimum Gasteiger partial charge on any atom is -0.465 e. The van der Waals surface area contributed by atoms with Crippen molar-refractivity contribution in [2.75, 3.05) is 26.2 Å². The highest BCUT2D eigenvalue weighted by molar-refractivity contribution is 5.83. The molecule has 0 bridgehead atoms. The third-order valence-electron chi connectivity index (χ3n) is 4.93. The molecule has 1 aromatic carbocycles. The largest absolute Gasteiger partial charge is 0.465 e. The predicted molar refractivity (Wildman–Crippen MR) is 164 cm³/mol. The van der Waals surface area contributed by atoms with E-state index in [4.69, 9.17) is 16.2 Å². The fraction of sp³-hybridized carbons (Fsp3) is 0.733. The lowest BCUT2D eigenvalue weighted by molar-refractivity contribution is -0.149. The number of nitrogens with one attached hydrogen (secondary N) is 1. The minimum absolute atomic E-state index is 0. The standard InChI is InChI=1S/C13H20N2O.C11H23NO2.6CH4/c1-2-12(11-7-4-3-5-8-11)13(16)15-10-6-9-14;1-3-5-9-14-11(13)10(4-2)7-6-8-12;;;;;;/h3-5,7-8,12H,2,6,9-10,14H2,1H3,(H,15,16);10H,3-9,12H2,1-2H3;6*1H4. The average molecular weight is 518 g/mol. The first kappa shape index (κ1) is 50.9. The Morgan fingerprint density at radius 3 is 1.83 bits per heavy atom. The molecule has 0 saturated carbocycles. The first-order valence-electron chi connectivity index (χ1n) is 11.4. The van der Waals surface area contributed by atoms with Crippen molar-refractivity contribution in [1.29, 1.82) is 0 Å². The fourth-order valence-electron chi connectivity index (χ4n) is 2.98. The molecule has 0 aliphatic carbocycles. The monoisotopic (exact) mass is 518 g/mol. The van der Waals surface area contributed by atoms with Crippen molar-refractivity contribution in [3.05, 3.63) is 35.9 Å². The van der Waals surface area contributed by atoms with E-state index in [1.54, 1.807) is 0 Å². The summed E-state index contributed by atoms with van der Waals surface area (Å²) >= 11 is 0. The SMILES string of the molecule is C.C.C.C.C.C.CCC(C(=O)NCCCN)c1ccccc1.CCCCOC(=O)C(CC)CCCN. The normalized spacial score (nSPS) is 10.2. The highest BCUT2D eigenvalue weighted by Crippen LogP contribution is 2.19. The molecular weight excluding hydrogens is 450 g/mol. The summed E-state index contributed by atoms with van der Waals surface area (Å²) in [6.07, 6.45) is 6.28. The average Bonchev–Trinajstić information content (AvgIpc) is 2.76. The van der Waals surface area contributed by atoms with Crippen LogP contribution in [0.1, 0.15) is 122 Å². The van der Waals surface area contributed by atoms with Gasteiger partial charge in [0, 0.05) is 6.54 Å². The van der Waals surface area contributed by atoms with Gasteiger partial charge in [0.25, 0.3) is 0 Å². The van der Waals surface area contributed by atoms with Crippen LogP contribution in [0, 0.1) is 5.92 Å². The summed E-state index contributed by atoms with van der Waals surface area (Å²) in [6, 6.07) is 9.88. The number of nitrogens with two attached hydrogens (primary N) is 2. The molecule has 0 aliphatic rings. The molecule has 0 aromatic heterocycles. The molecule has 1 aromatic rings. The van der Waals surface area contributed by atoms with Gasteiger partial charge in [0.2, 0.25) is 5.91 Å². The first-order valence-corrected chi connectivity index (χ1v) is 11.4. The second kappa shape index (κ2) is 35.2. The molecule has 5 N–H and O–H groups in total. The Balaban J connectivity index is -0.0000000807. The van der Waals surface area contributed by atoms with Crippen LogP contribution >= 0.6 is 0 Å². The van der Waals surface area contributed by atoms with Gasteiger partial charge in [0.15, 0.2) is 0 Å². The Labute approximate surface area is 227 Å². The van der Waals surface area contributed by atoms with Crippen LogP contribution in [0.2, 0.25) is 0 Å². The zero-order chi connectivity index (χ0) is 22.6. The highest BCUT2D eigenvalue weighted by Gasteiger charge is 2.17. The molecule has 0 saturated heterocycles. The third kappa shape index (κ3) is 23.8. The summed E-state index contributed by atoms with van der Waals surface area (Å²) in [5.41, 5.74) is 11.9. The summed E-state index contributed by atoms with van der Waals surface area (Å²) in [5.74, 6) is 0.0610. The summed E-state index contributed by atoms with van der Waals surface area (Å²) < 4.78 is 5.15. The van der Waals surface area contributed by atoms with E-state index >= 15 is 0 Å². The van der Waals surface area contributed by atoms with Gasteiger partial charge in [-0.2, -0.15) is 0 Å². The summed E-state index contributed by atoms with van der Waals surface area (Å²) in [5, 5.41) is 2.91. The number of carbonyl (C=O) groups excluding carboxylic acids is 2. The maximum absolute atomic E-state index is 11.9. The zero-order valence-electron chi connectivity index (χ0n) is 19.2. The quantitative estimate of drug-likeness (QED) is 0.174. The molecule has 220 valence electrons. The molecule has 6 heteroatoms. The smallest absolute Gasteiger partial charge is 0.308 e. The zero-order valence-corrected chi connectivity index (χ0v) is 19.2. The van der Waals surface area contributed by atoms with Gasteiger partial charge < -0.3 is 21.5 Å². The van der Waals surface area contributed by atoms with E-state index in [0.29, 0.717) is 26.2 Å². The molecule has 36 heavy (non-hydrogen) atoms. The van der Waals surface area contributed by atoms with Gasteiger partial charge >= 0.3 is 5.97 Å². The van der Waals surface area contributed by atoms with Crippen LogP contribution in [0.3, 0.4) is 0 Å². The van der Waals surface area contributed by atoms with Crippen LogP contribution in [-0.2, 0) is 14.3 Å². The predicted octanol–water partition coefficient (Wildman–Crippen LogP) is 7.56. The number of carbonyl (C=O) groups is 2. The van der Waals surface area contributed by atoms with E-state index in [1.807, 2.05) is 44.2 Å². The fourth-order valence-corrected chi connectivity index (χ4v) is 2.98. The van der Waals surface area contributed by atoms with E-state index in [-0.39, 0.29) is 68.3 Å². The summed E-state index contributed by atoms with van der Waals surface area (Å²) in [7, 11) is 0. The van der Waals surface area contributed by atoms with Crippen LogP contribution < -0.4 is 16.8 Å². The lowest BCUT2D eigenvalue weighted by Crippen LogP contribution is -2.30. The number of benzene rings is 1. The second-order valence-corrected chi connectivity index (χ2v) is 7.36. The van der Waals surface area contributed by atoms with Crippen LogP contribution in [0.4, 0.5) is 0 Å². The Hall–Kier alpha value is -1.92. The lowest BCUT2D eigenvalue weighted by Gasteiger charge is -2.15. The molecule has 0 aliphatic heterocycles. The van der Waals surface area contributed by atoms with Gasteiger partial charge in [0.1, 0.15) is 0 Å². The maximum Gasteiger partial charge on any atom is 0.308 e. The Morgan fingerprint density at radius 2 is 1.39 bits per heavy atom. The Bertz CT molecular complexity index is 554. The van der Waals surface area contributed by atoms with Gasteiger partial charge in [-0.05, 0) is 57.2 Å². The molecule has 0 spiro atoms. The van der Waals surface area contributed by atoms with Crippen LogP contribution in [-0.4, -0.2) is 38.1 Å². The topological polar surface area (TPSA) is 107 Å². The molecule has 1 amide bonds. The molecule has 6 nitrogen and oxygen atoms in total. The molecule has 2 atom stereocenters. The van der Waals surface area contributed by atoms with Crippen LogP contribution in [0.5, 0.6) is 0 Å². The molecule has 0 heterocycles. The van der Waals surface area contributed by atoms with Crippen molar-refractivity contribution < 1.29 is 14.3 Å². The molecule has 0 fully saturated rings. The van der Waals surface area contributed by atoms with Crippen LogP contribution in [0.25, 0.3) is 0 Å². The van der Waals surface area contributed by atoms with Crippen molar-refractivity contribution in [3.8, 4) is 0 Å². The van der Waals surface area contributed by atoms with Crippen LogP contribution in [0.15, 0.2) is 30.3 Å². The van der Waals surface area contributed by atoms with E-state index in [0.717, 1.165) is 50.5 Å². The van der Waals surface area contributed by atoms with Gasteiger partial charge in [-0.25, -0.2) is 0 Å². The molecule has 2 unspecified atom stereocenters. The number of hydrogen-bond acceptors (Lipinski definition) is 5. The second-order valence-electron chi connectivity index (χ2n) is 7.36. The maximum atomic E-state index is 11.9. The van der Waals surface area contributed by atoms with Gasteiger partial charge in [0.05, 0.1) is 18.4 Å². The molecule has 1 rings (SSSR count). The highest BCUT2D eigenvalue weighted by atomic mass is 16.5. The number of unbranched alkanes of at least 4 members (excludes halogenated alkanes) is 1. The molecule has 0 radical (unpaired) electrons. The van der Waals surface area contributed by atoms with Crippen molar-refractivity contribution in [2.24, 2.45) is 17.4 Å². The van der Waals surface area contributed by atoms with E-state index in [2.05, 4.69) is 12.2 Å². The third-order valence-corrected chi connectivity index (χ3v) is 4.93. The van der Waals surface area contributed by atoms with Gasteiger partial charge in [-0.1, -0.05) is 102 Å². The van der Waals surface area contributed by atoms with Crippen molar-refractivity contribution in [1.82, 2.24) is 5.32 Å². The summed E-state index contributed by atoms with van der Waals surface area (Å²) in [6.45, 7) is 8.62. The van der Waals surface area contributed by atoms with E-state index in [1.165, 1.54) is 0 Å². The van der Waals surface area contributed by atoms with Gasteiger partial charge in [-0.3, -0.25) is 9.59 Å². The number of esters is 1. The van der Waals surface area contributed by atoms with E-state index < -0.39 is 0 Å². The van der Waals surface area contributed by atoms with Crippen molar-refractivity contribution in [3.63, 3.8) is 0 Å². The lowest BCUT2D eigenvalue weighted by atomic mass is 9.96. The van der Waals surface area contributed by atoms with E-state index in [9.17, 15) is 9.59 Å². The number of amides is 1. The summed E-state index contributed by atoms with van der Waals surface area (Å²) in [4.78, 5) is 23.4. The first-order chi connectivity index (χ1) is 14.5.